The van der Waals surface area contributed by atoms with E-state index in [1.165, 1.54) is 24.3 Å². The number of nitrogens with zero attached hydrogens (tertiary/aromatic N) is 1. The topological polar surface area (TPSA) is 55.8 Å². The van der Waals surface area contributed by atoms with Crippen LogP contribution >= 0.6 is 0 Å². The van der Waals surface area contributed by atoms with Gasteiger partial charge >= 0.3 is 5.97 Å². The van der Waals surface area contributed by atoms with Crippen LogP contribution < -0.4 is 9.64 Å². The molecule has 41 heavy (non-hydrogen) atoms. The number of anilines is 1. The zero-order valence-electron chi connectivity index (χ0n) is 22.6. The molecule has 1 amide bonds. The van der Waals surface area contributed by atoms with E-state index in [1.807, 2.05) is 0 Å². The van der Waals surface area contributed by atoms with Crippen molar-refractivity contribution < 1.29 is 36.6 Å². The zero-order valence-corrected chi connectivity index (χ0v) is 22.6. The number of amides is 1. The van der Waals surface area contributed by atoms with E-state index in [0.717, 1.165) is 18.9 Å². The average Bonchev–Trinajstić information content (AvgIpc) is 3.46. The molecule has 1 aliphatic heterocycles. The zero-order chi connectivity index (χ0) is 29.1. The molecule has 9 heteroatoms. The number of piperidine rings is 1. The fraction of sp³-hybridized carbons (Fsp3) is 0.312. The number of ether oxygens (including phenoxy) is 2. The lowest BCUT2D eigenvalue weighted by Crippen LogP contribution is -2.35. The van der Waals surface area contributed by atoms with Crippen molar-refractivity contribution in [2.75, 3.05) is 18.1 Å². The third-order valence-corrected chi connectivity index (χ3v) is 7.37. The van der Waals surface area contributed by atoms with Crippen LogP contribution in [-0.2, 0) is 16.1 Å². The van der Waals surface area contributed by atoms with Gasteiger partial charge < -0.3 is 14.4 Å². The van der Waals surface area contributed by atoms with E-state index >= 15 is 4.39 Å². The molecule has 0 N–H and O–H groups in total. The molecule has 5 nitrogen and oxygen atoms in total. The van der Waals surface area contributed by atoms with Crippen molar-refractivity contribution in [3.63, 3.8) is 0 Å². The molecule has 0 unspecified atom stereocenters. The highest BCUT2D eigenvalue weighted by Crippen LogP contribution is 2.45. The van der Waals surface area contributed by atoms with Crippen molar-refractivity contribution in [2.24, 2.45) is 0 Å². The number of hydrogen-bond acceptors (Lipinski definition) is 4. The van der Waals surface area contributed by atoms with Gasteiger partial charge in [0.25, 0.3) is 0 Å². The minimum absolute atomic E-state index is 0.0528. The minimum atomic E-state index is -1.65. The standard InChI is InChI=1S/C32H29F4NO4/c1-2-40-32(39)21-14-20(15-23(16-21)37-13-4-3-8-28(37)38)24-6-5-7-25(24)26-17-27(34)29(35)30(36)31(26)41-18-19-9-11-22(33)12-10-19/h9-12,14-17H,2-8,13,18H2,1H3. The first-order valence-corrected chi connectivity index (χ1v) is 13.7. The fourth-order valence-corrected chi connectivity index (χ4v) is 5.39. The molecule has 214 valence electrons. The van der Waals surface area contributed by atoms with Crippen LogP contribution in [0.4, 0.5) is 23.2 Å². The summed E-state index contributed by atoms with van der Waals surface area (Å²) in [6, 6.07) is 11.3. The lowest BCUT2D eigenvalue weighted by atomic mass is 9.94. The Morgan fingerprint density at radius 3 is 2.37 bits per heavy atom. The van der Waals surface area contributed by atoms with Crippen LogP contribution in [0, 0.1) is 23.3 Å². The Morgan fingerprint density at radius 1 is 0.878 bits per heavy atom. The Hall–Kier alpha value is -4.14. The van der Waals surface area contributed by atoms with E-state index in [0.29, 0.717) is 60.2 Å². The molecule has 5 rings (SSSR count). The number of rotatable bonds is 8. The van der Waals surface area contributed by atoms with Gasteiger partial charge in [-0.3, -0.25) is 4.79 Å². The van der Waals surface area contributed by atoms with Gasteiger partial charge in [-0.15, -0.1) is 0 Å². The smallest absolute Gasteiger partial charge is 0.338 e. The number of carbonyl (C=O) groups is 2. The van der Waals surface area contributed by atoms with Gasteiger partial charge in [0, 0.05) is 24.2 Å². The summed E-state index contributed by atoms with van der Waals surface area (Å²) in [5.41, 5.74) is 3.23. The van der Waals surface area contributed by atoms with Gasteiger partial charge in [-0.1, -0.05) is 12.1 Å². The maximum Gasteiger partial charge on any atom is 0.338 e. The summed E-state index contributed by atoms with van der Waals surface area (Å²) in [5, 5.41) is 0. The lowest BCUT2D eigenvalue weighted by molar-refractivity contribution is -0.119. The fourth-order valence-electron chi connectivity index (χ4n) is 5.39. The van der Waals surface area contributed by atoms with Crippen LogP contribution in [0.3, 0.4) is 0 Å². The molecule has 0 radical (unpaired) electrons. The van der Waals surface area contributed by atoms with Crippen molar-refractivity contribution in [3.8, 4) is 5.75 Å². The molecule has 0 spiro atoms. The molecule has 1 aliphatic carbocycles. The van der Waals surface area contributed by atoms with Gasteiger partial charge in [-0.25, -0.2) is 18.0 Å². The normalized spacial score (nSPS) is 15.4. The van der Waals surface area contributed by atoms with E-state index in [4.69, 9.17) is 9.47 Å². The Bertz CT molecular complexity index is 1520. The maximum absolute atomic E-state index is 15.1. The van der Waals surface area contributed by atoms with Crippen molar-refractivity contribution in [1.29, 1.82) is 0 Å². The summed E-state index contributed by atoms with van der Waals surface area (Å²) in [7, 11) is 0. The van der Waals surface area contributed by atoms with E-state index in [9.17, 15) is 22.8 Å². The van der Waals surface area contributed by atoms with Crippen LogP contribution in [-0.4, -0.2) is 25.0 Å². The molecular formula is C32H29F4NO4. The SMILES string of the molecule is CCOC(=O)c1cc(C2=C(c3cc(F)c(F)c(F)c3OCc3ccc(F)cc3)CCC2)cc(N2CCCCC2=O)c1. The first kappa shape index (κ1) is 28.4. The molecule has 0 bridgehead atoms. The Morgan fingerprint density at radius 2 is 1.63 bits per heavy atom. The van der Waals surface area contributed by atoms with Gasteiger partial charge in [0.05, 0.1) is 12.2 Å². The van der Waals surface area contributed by atoms with Crippen molar-refractivity contribution in [1.82, 2.24) is 0 Å². The number of carbonyl (C=O) groups excluding carboxylic acids is 2. The summed E-state index contributed by atoms with van der Waals surface area (Å²) in [6.07, 6.45) is 3.60. The van der Waals surface area contributed by atoms with E-state index < -0.39 is 35.0 Å². The van der Waals surface area contributed by atoms with Gasteiger partial charge in [0.15, 0.2) is 17.4 Å². The monoisotopic (exact) mass is 567 g/mol. The summed E-state index contributed by atoms with van der Waals surface area (Å²) < 4.78 is 68.3. The summed E-state index contributed by atoms with van der Waals surface area (Å²) in [6.45, 7) is 2.17. The Balaban J connectivity index is 1.61. The van der Waals surface area contributed by atoms with Crippen molar-refractivity contribution >= 4 is 28.7 Å². The number of hydrogen-bond donors (Lipinski definition) is 0. The molecule has 1 saturated heterocycles. The van der Waals surface area contributed by atoms with E-state index in [2.05, 4.69) is 0 Å². The van der Waals surface area contributed by atoms with E-state index in [-0.39, 0.29) is 30.2 Å². The number of benzene rings is 3. The molecule has 0 saturated carbocycles. The quantitative estimate of drug-likeness (QED) is 0.160. The highest BCUT2D eigenvalue weighted by Gasteiger charge is 2.28. The molecule has 1 heterocycles. The minimum Gasteiger partial charge on any atom is -0.485 e. The second kappa shape index (κ2) is 12.2. The molecule has 2 aliphatic rings. The van der Waals surface area contributed by atoms with Crippen LogP contribution in [0.25, 0.3) is 11.1 Å². The molecule has 3 aromatic carbocycles. The third kappa shape index (κ3) is 5.99. The molecule has 3 aromatic rings. The summed E-state index contributed by atoms with van der Waals surface area (Å²) in [4.78, 5) is 27.1. The Kier molecular flexibility index (Phi) is 8.42. The lowest BCUT2D eigenvalue weighted by Gasteiger charge is -2.28. The third-order valence-electron chi connectivity index (χ3n) is 7.37. The largest absolute Gasteiger partial charge is 0.485 e. The number of allylic oxidation sites excluding steroid dienone is 2. The van der Waals surface area contributed by atoms with Crippen LogP contribution in [0.1, 0.15) is 72.5 Å². The first-order chi connectivity index (χ1) is 19.8. The maximum atomic E-state index is 15.1. The predicted octanol–water partition coefficient (Wildman–Crippen LogP) is 7.61. The first-order valence-electron chi connectivity index (χ1n) is 13.7. The predicted molar refractivity (Wildman–Crippen MR) is 146 cm³/mol. The van der Waals surface area contributed by atoms with Gasteiger partial charge in [-0.2, -0.15) is 4.39 Å². The van der Waals surface area contributed by atoms with Crippen molar-refractivity contribution in [3.05, 3.63) is 94.1 Å². The Labute approximate surface area is 235 Å². The second-order valence-electron chi connectivity index (χ2n) is 10.1. The average molecular weight is 568 g/mol. The summed E-state index contributed by atoms with van der Waals surface area (Å²) >= 11 is 0. The number of halogens is 4. The van der Waals surface area contributed by atoms with Crippen molar-refractivity contribution in [2.45, 2.75) is 52.1 Å². The molecule has 0 atom stereocenters. The summed E-state index contributed by atoms with van der Waals surface area (Å²) in [5.74, 6) is -5.98. The van der Waals surface area contributed by atoms with Gasteiger partial charge in [0.1, 0.15) is 12.4 Å². The van der Waals surface area contributed by atoms with Crippen LogP contribution in [0.5, 0.6) is 5.75 Å². The van der Waals surface area contributed by atoms with Gasteiger partial charge in [0.2, 0.25) is 11.7 Å². The van der Waals surface area contributed by atoms with Crippen LogP contribution in [0.2, 0.25) is 0 Å². The highest BCUT2D eigenvalue weighted by molar-refractivity contribution is 6.00. The molecule has 0 aromatic heterocycles. The number of esters is 1. The van der Waals surface area contributed by atoms with Gasteiger partial charge in [-0.05, 0) is 97.7 Å². The second-order valence-corrected chi connectivity index (χ2v) is 10.1. The molecule has 1 fully saturated rings. The highest BCUT2D eigenvalue weighted by atomic mass is 19.2. The van der Waals surface area contributed by atoms with Crippen LogP contribution in [0.15, 0.2) is 48.5 Å². The van der Waals surface area contributed by atoms with E-state index in [1.54, 1.807) is 30.0 Å². The molecular weight excluding hydrogens is 538 g/mol.